The van der Waals surface area contributed by atoms with Crippen LogP contribution in [0.4, 0.5) is 14.4 Å². The van der Waals surface area contributed by atoms with Crippen molar-refractivity contribution in [2.24, 2.45) is 23.5 Å². The summed E-state index contributed by atoms with van der Waals surface area (Å²) in [7, 11) is 3.24. The van der Waals surface area contributed by atoms with Crippen molar-refractivity contribution in [2.75, 3.05) is 27.3 Å². The van der Waals surface area contributed by atoms with Gasteiger partial charge in [-0.2, -0.15) is 6.42 Å². The number of hydrogen-bond acceptors (Lipinski definition) is 23. The second-order valence-electron chi connectivity index (χ2n) is 30.6. The number of hydrogen-bond donors (Lipinski definition) is 5. The number of nitrogens with one attached hydrogen (secondary N) is 2. The first-order valence-electron chi connectivity index (χ1n) is 39.6. The molecule has 13 rings (SSSR count). The SMILES string of the molecule is Brc1cncc(CNCC2CCCC2)c1.CC(C)(C)OC(=O)N(Cc1cncc(Br)c1)CC1CCCC1.CC(C)(C)OC(=O)OC(=O)OC(C)(C)C.CO.COc1cncc(Br)c1.NCc1cncc(Br)c1.O=C1NC(=O)c2ccccc21.O=C1c2ccccc2C(=O)N1Cc1cncc(Br)c1.O=CC1CCCC1.OCc1cncc(Br)c1.[B].[CH2-]CC.[H-].[I][V][I].[Na+]. The minimum Gasteiger partial charge on any atom is 1.00 e. The van der Waals surface area contributed by atoms with Crippen LogP contribution in [0.1, 0.15) is 223 Å². The third-order valence-corrected chi connectivity index (χ3v) is 19.4. The fraction of sp³-hybridized carbons (Fsp3) is 0.427. The van der Waals surface area contributed by atoms with Crippen LogP contribution >= 0.6 is 136 Å². The van der Waals surface area contributed by atoms with Gasteiger partial charge in [0.25, 0.3) is 23.6 Å². The molecule has 5 aliphatic rings. The molecular formula is C89H115BBr6I2N11NaO15V-. The third kappa shape index (κ3) is 54.1. The summed E-state index contributed by atoms with van der Waals surface area (Å²) in [5.74, 6) is 1.58. The van der Waals surface area contributed by atoms with E-state index in [4.69, 9.17) is 34.9 Å². The van der Waals surface area contributed by atoms with Gasteiger partial charge in [-0.15, -0.1) is 0 Å². The number of aromatic nitrogens is 6. The number of methoxy groups -OCH3 is 1. The van der Waals surface area contributed by atoms with Crippen LogP contribution in [0.25, 0.3) is 0 Å². The van der Waals surface area contributed by atoms with Gasteiger partial charge >= 0.3 is 97.4 Å². The molecule has 3 fully saturated rings. The van der Waals surface area contributed by atoms with Crippen LogP contribution < -0.4 is 50.7 Å². The van der Waals surface area contributed by atoms with Crippen molar-refractivity contribution < 1.29 is 113 Å². The number of imide groups is 2. The van der Waals surface area contributed by atoms with E-state index in [-0.39, 0.29) is 82.3 Å². The maximum absolute atomic E-state index is 12.5. The Bertz CT molecular complexity index is 4340. The molecule has 126 heavy (non-hydrogen) atoms. The molecular weight excluding hydrogens is 2280 g/mol. The third-order valence-electron chi connectivity index (χ3n) is 16.8. The number of carbonyl (C=O) groups is 8. The second kappa shape index (κ2) is 68.0. The molecule has 0 atom stereocenters. The Hall–Kier alpha value is -5.07. The predicted molar refractivity (Wildman–Crippen MR) is 523 cm³/mol. The Balaban J connectivity index is 0. The van der Waals surface area contributed by atoms with Crippen LogP contribution in [0.3, 0.4) is 0 Å². The summed E-state index contributed by atoms with van der Waals surface area (Å²) in [5, 5.41) is 21.3. The average Bonchev–Trinajstić information content (AvgIpc) is 1.63. The van der Waals surface area contributed by atoms with Crippen LogP contribution in [-0.2, 0) is 66.0 Å². The Morgan fingerprint density at radius 3 is 1.29 bits per heavy atom. The minimum absolute atomic E-state index is 0. The van der Waals surface area contributed by atoms with E-state index >= 15 is 0 Å². The Morgan fingerprint density at radius 2 is 0.921 bits per heavy atom. The van der Waals surface area contributed by atoms with Crippen molar-refractivity contribution in [1.82, 2.24) is 50.3 Å². The molecule has 3 aliphatic carbocycles. The molecule has 8 heterocycles. The van der Waals surface area contributed by atoms with Gasteiger partial charge in [-0.3, -0.25) is 59.3 Å². The molecule has 6 aromatic heterocycles. The van der Waals surface area contributed by atoms with Gasteiger partial charge in [-0.25, -0.2) is 14.4 Å². The number of ether oxygens (including phenoxy) is 5. The van der Waals surface area contributed by atoms with Crippen molar-refractivity contribution in [2.45, 2.75) is 202 Å². The number of nitrogens with zero attached hydrogens (tertiary/aromatic N) is 8. The van der Waals surface area contributed by atoms with Gasteiger partial charge in [-0.1, -0.05) is 69.7 Å². The van der Waals surface area contributed by atoms with E-state index in [1.807, 2.05) is 75.3 Å². The quantitative estimate of drug-likeness (QED) is 0.00986. The van der Waals surface area contributed by atoms with Gasteiger partial charge in [0.05, 0.1) is 55.3 Å². The van der Waals surface area contributed by atoms with E-state index in [1.54, 1.807) is 159 Å². The van der Waals surface area contributed by atoms with Gasteiger partial charge in [0.2, 0.25) is 0 Å². The molecule has 0 bridgehead atoms. The molecule has 682 valence electrons. The van der Waals surface area contributed by atoms with Gasteiger partial charge < -0.3 is 63.0 Å². The van der Waals surface area contributed by atoms with Crippen molar-refractivity contribution in [3.8, 4) is 5.75 Å². The topological polar surface area (TPSA) is 357 Å². The molecule has 8 aromatic rings. The van der Waals surface area contributed by atoms with Gasteiger partial charge in [0, 0.05) is 136 Å². The summed E-state index contributed by atoms with van der Waals surface area (Å²) in [6.45, 7) is 25.5. The summed E-state index contributed by atoms with van der Waals surface area (Å²) in [4.78, 5) is 118. The molecule has 2 aromatic carbocycles. The molecule has 0 spiro atoms. The molecule has 5 amide bonds. The fourth-order valence-electron chi connectivity index (χ4n) is 11.5. The van der Waals surface area contributed by atoms with Crippen LogP contribution in [0.15, 0.2) is 186 Å². The number of nitrogens with two attached hydrogens (primary N) is 1. The number of benzene rings is 2. The smallest absolute Gasteiger partial charge is 1.00 e. The Labute approximate surface area is 847 Å². The van der Waals surface area contributed by atoms with E-state index in [0.717, 1.165) is 113 Å². The number of rotatable bonds is 14. The Morgan fingerprint density at radius 1 is 0.571 bits per heavy atom. The fourth-order valence-corrected chi connectivity index (χ4v) is 13.9. The minimum atomic E-state index is -1.06. The van der Waals surface area contributed by atoms with Crippen molar-refractivity contribution in [3.05, 3.63) is 243 Å². The summed E-state index contributed by atoms with van der Waals surface area (Å²) in [6, 6.07) is 25.2. The van der Waals surface area contributed by atoms with E-state index in [0.29, 0.717) is 56.6 Å². The maximum Gasteiger partial charge on any atom is 1.00 e. The number of carbonyl (C=O) groups excluding carboxylic acids is 8. The first kappa shape index (κ1) is 121. The largest absolute Gasteiger partial charge is 1.00 e. The maximum atomic E-state index is 12.5. The molecule has 3 saturated carbocycles. The number of aliphatic hydroxyl groups excluding tert-OH is 2. The average molecular weight is 2400 g/mol. The van der Waals surface area contributed by atoms with E-state index in [1.165, 1.54) is 74.7 Å². The van der Waals surface area contributed by atoms with Crippen molar-refractivity contribution >= 4 is 192 Å². The number of pyridine rings is 6. The first-order valence-corrected chi connectivity index (χ1v) is 53.4. The molecule has 26 nitrogen and oxygen atoms in total. The zero-order valence-electron chi connectivity index (χ0n) is 74.6. The molecule has 3 radical (unpaired) electrons. The predicted octanol–water partition coefficient (Wildman–Crippen LogP) is 19.2. The summed E-state index contributed by atoms with van der Waals surface area (Å²) >= 11 is 24.7. The Kier molecular flexibility index (Phi) is 65.3. The van der Waals surface area contributed by atoms with E-state index in [2.05, 4.69) is 194 Å². The van der Waals surface area contributed by atoms with Crippen molar-refractivity contribution in [1.29, 1.82) is 0 Å². The van der Waals surface area contributed by atoms with Crippen LogP contribution in [-0.4, -0.2) is 151 Å². The molecule has 6 N–H and O–H groups in total. The number of aliphatic hydroxyl groups is 2. The zero-order chi connectivity index (χ0) is 92.8. The normalized spacial score (nSPS) is 13.2. The number of amides is 5. The summed E-state index contributed by atoms with van der Waals surface area (Å²) in [5.41, 5.74) is 10.3. The van der Waals surface area contributed by atoms with E-state index in [9.17, 15) is 38.4 Å². The second-order valence-corrected chi connectivity index (χ2v) is 47.9. The monoisotopic (exact) mass is 2390 g/mol. The van der Waals surface area contributed by atoms with Crippen molar-refractivity contribution in [3.63, 3.8) is 0 Å². The summed E-state index contributed by atoms with van der Waals surface area (Å²) in [6.07, 6.45) is 35.9. The van der Waals surface area contributed by atoms with Gasteiger partial charge in [0.15, 0.2) is 0 Å². The number of halogens is 8. The van der Waals surface area contributed by atoms with Crippen LogP contribution in [0, 0.1) is 24.7 Å². The van der Waals surface area contributed by atoms with Crippen LogP contribution in [0.2, 0.25) is 0 Å². The molecule has 2 aliphatic heterocycles. The zero-order valence-corrected chi connectivity index (χ0v) is 90.8. The standard InChI is InChI=1S/C17H25BrN2O2.C14H9BrN2O2.C12H17BrN2.C10H18O5.C8H5NO2.C6H7BrN2.2C6H6BrNO.C6H10O.C3H7.CH4O.B.2HI.Na.V.H/c1-17(2,3)22-16(21)20(11-13-6-4-5-7-13)12-14-8-15(18)10-19-9-14;15-10-5-9(6-16-7-10)8-17-13(18)11-3-1-2-4-12(11)14(17)19;13-12-5-11(8-15-9-12)7-14-6-10-3-1-2-4-10;1-9(2,3)14-7(11)13-8(12)15-10(4,5)6;10-7-5-3-1-2-4-6(5)8(11)9-7;7-6-1-5(2-8)3-9-4-6;1-9-6-2-5(7)3-8-4-6;7-6-1-5(4-9)2-8-3-6;7-5-6-3-1-2-4-6;1-3-2;1-2;;;;;;/h8-10,13H,4-7,11-12H2,1-3H3;1-7H,8H2;5,8-10,14H,1-4,6-7H2;1-6H3;1-4H,(H,9,10,11);1,3-4H,2,8H2;2-4H,1H3;1-3,9H,4H2;5-6H,1-4H2;1,3H2,2H3;2H,1H3;;2*1H;;;/q;;;;;;;;;-1;;;;;+1;+2;-1/p-2. The van der Waals surface area contributed by atoms with Crippen LogP contribution in [0.5, 0.6) is 5.75 Å². The van der Waals surface area contributed by atoms with E-state index < -0.39 is 29.1 Å². The number of aldehydes is 1. The molecule has 37 heteroatoms. The van der Waals surface area contributed by atoms with Gasteiger partial charge in [-0.05, 0) is 303 Å². The first-order chi connectivity index (χ1) is 58.9. The molecule has 0 saturated heterocycles. The molecule has 0 unspecified atom stereocenters. The number of fused-ring (bicyclic) bond motifs is 2. The van der Waals surface area contributed by atoms with Gasteiger partial charge in [0.1, 0.15) is 28.8 Å². The summed E-state index contributed by atoms with van der Waals surface area (Å²) < 4.78 is 29.9.